The number of ether oxygens (including phenoxy) is 1. The second-order valence-corrected chi connectivity index (χ2v) is 5.44. The first-order valence-corrected chi connectivity index (χ1v) is 7.62. The van der Waals surface area contributed by atoms with E-state index >= 15 is 0 Å². The molecule has 1 aliphatic heterocycles. The van der Waals surface area contributed by atoms with Crippen molar-refractivity contribution in [3.8, 4) is 0 Å². The van der Waals surface area contributed by atoms with Gasteiger partial charge in [-0.25, -0.2) is 9.48 Å². The van der Waals surface area contributed by atoms with Crippen LogP contribution < -0.4 is 0 Å². The standard InChI is InChI=1S/C12H17N5O3S/c1-3-4-5-17-9(13-14-15-17)7-16-10(18)8-21-11(16)6-12(19)20-2/h6H,3-5,7-8H2,1-2H3/b11-6-. The summed E-state index contributed by atoms with van der Waals surface area (Å²) in [5, 5.41) is 12.1. The number of hydrogen-bond acceptors (Lipinski definition) is 7. The molecule has 0 unspecified atom stereocenters. The van der Waals surface area contributed by atoms with Crippen molar-refractivity contribution in [1.82, 2.24) is 25.1 Å². The molecule has 0 radical (unpaired) electrons. The van der Waals surface area contributed by atoms with Gasteiger partial charge >= 0.3 is 5.97 Å². The van der Waals surface area contributed by atoms with Gasteiger partial charge in [-0.05, 0) is 16.8 Å². The van der Waals surface area contributed by atoms with Crippen LogP contribution in [0.4, 0.5) is 0 Å². The van der Waals surface area contributed by atoms with Crippen LogP contribution in [0.3, 0.4) is 0 Å². The fourth-order valence-electron chi connectivity index (χ4n) is 1.82. The van der Waals surface area contributed by atoms with E-state index in [-0.39, 0.29) is 12.5 Å². The summed E-state index contributed by atoms with van der Waals surface area (Å²) in [5.41, 5.74) is 0. The molecule has 2 heterocycles. The zero-order valence-corrected chi connectivity index (χ0v) is 12.8. The number of nitrogens with zero attached hydrogens (tertiary/aromatic N) is 5. The molecule has 0 atom stereocenters. The van der Waals surface area contributed by atoms with Gasteiger partial charge in [0.1, 0.15) is 0 Å². The van der Waals surface area contributed by atoms with Gasteiger partial charge in [0.2, 0.25) is 5.91 Å². The fourth-order valence-corrected chi connectivity index (χ4v) is 2.75. The van der Waals surface area contributed by atoms with Gasteiger partial charge in [0, 0.05) is 6.54 Å². The highest BCUT2D eigenvalue weighted by molar-refractivity contribution is 8.04. The Bertz CT molecular complexity index is 557. The Morgan fingerprint density at radius 1 is 1.52 bits per heavy atom. The third-order valence-corrected chi connectivity index (χ3v) is 4.01. The van der Waals surface area contributed by atoms with E-state index in [9.17, 15) is 9.59 Å². The Kier molecular flexibility index (Phi) is 5.32. The van der Waals surface area contributed by atoms with Gasteiger partial charge in [-0.15, -0.1) is 5.10 Å². The molecule has 21 heavy (non-hydrogen) atoms. The lowest BCUT2D eigenvalue weighted by Crippen LogP contribution is -2.26. The quantitative estimate of drug-likeness (QED) is 0.560. The number of thioether (sulfide) groups is 1. The summed E-state index contributed by atoms with van der Waals surface area (Å²) in [6.07, 6.45) is 3.31. The van der Waals surface area contributed by atoms with Crippen LogP contribution in [0.1, 0.15) is 25.6 Å². The SMILES string of the molecule is CCCCn1nnnc1CN1C(=O)CS/C1=C\C(=O)OC. The number of amides is 1. The molecule has 1 aromatic heterocycles. The molecule has 0 aliphatic carbocycles. The second-order valence-electron chi connectivity index (χ2n) is 4.45. The highest BCUT2D eigenvalue weighted by Crippen LogP contribution is 2.30. The third-order valence-electron chi connectivity index (χ3n) is 2.98. The average Bonchev–Trinajstić information content (AvgIpc) is 3.06. The number of hydrogen-bond donors (Lipinski definition) is 0. The van der Waals surface area contributed by atoms with Crippen molar-refractivity contribution in [1.29, 1.82) is 0 Å². The average molecular weight is 311 g/mol. The van der Waals surface area contributed by atoms with Crippen molar-refractivity contribution < 1.29 is 14.3 Å². The molecule has 0 N–H and O–H groups in total. The van der Waals surface area contributed by atoms with Gasteiger partial charge < -0.3 is 4.74 Å². The van der Waals surface area contributed by atoms with E-state index in [0.717, 1.165) is 12.8 Å². The predicted molar refractivity (Wildman–Crippen MR) is 75.8 cm³/mol. The first-order chi connectivity index (χ1) is 10.2. The summed E-state index contributed by atoms with van der Waals surface area (Å²) in [6.45, 7) is 3.05. The Morgan fingerprint density at radius 3 is 3.05 bits per heavy atom. The van der Waals surface area contributed by atoms with E-state index in [0.29, 0.717) is 23.2 Å². The van der Waals surface area contributed by atoms with Crippen LogP contribution in [-0.4, -0.2) is 49.8 Å². The molecular formula is C12H17N5O3S. The fraction of sp³-hybridized carbons (Fsp3) is 0.583. The molecule has 0 aromatic carbocycles. The van der Waals surface area contributed by atoms with Crippen molar-refractivity contribution in [3.05, 3.63) is 16.9 Å². The lowest BCUT2D eigenvalue weighted by atomic mass is 10.3. The molecule has 1 aliphatic rings. The van der Waals surface area contributed by atoms with Crippen LogP contribution in [0.2, 0.25) is 0 Å². The zero-order valence-electron chi connectivity index (χ0n) is 12.0. The summed E-state index contributed by atoms with van der Waals surface area (Å²) >= 11 is 1.31. The maximum absolute atomic E-state index is 11.9. The van der Waals surface area contributed by atoms with E-state index in [4.69, 9.17) is 0 Å². The Balaban J connectivity index is 2.13. The van der Waals surface area contributed by atoms with Crippen LogP contribution in [0.15, 0.2) is 11.1 Å². The topological polar surface area (TPSA) is 90.2 Å². The van der Waals surface area contributed by atoms with Gasteiger partial charge in [0.25, 0.3) is 0 Å². The van der Waals surface area contributed by atoms with E-state index in [1.807, 2.05) is 0 Å². The molecule has 1 fully saturated rings. The van der Waals surface area contributed by atoms with Gasteiger partial charge in [0.05, 0.1) is 30.5 Å². The molecule has 1 aromatic rings. The number of esters is 1. The molecular weight excluding hydrogens is 294 g/mol. The van der Waals surface area contributed by atoms with Crippen molar-refractivity contribution >= 4 is 23.6 Å². The minimum absolute atomic E-state index is 0.0693. The van der Waals surface area contributed by atoms with E-state index in [2.05, 4.69) is 27.2 Å². The maximum Gasteiger partial charge on any atom is 0.333 e. The van der Waals surface area contributed by atoms with E-state index in [1.54, 1.807) is 4.68 Å². The van der Waals surface area contributed by atoms with E-state index < -0.39 is 5.97 Å². The highest BCUT2D eigenvalue weighted by Gasteiger charge is 2.29. The predicted octanol–water partition coefficient (Wildman–Crippen LogP) is 0.563. The highest BCUT2D eigenvalue weighted by atomic mass is 32.2. The molecule has 2 rings (SSSR count). The summed E-state index contributed by atoms with van der Waals surface area (Å²) < 4.78 is 6.29. The lowest BCUT2D eigenvalue weighted by molar-refractivity contribution is -0.134. The van der Waals surface area contributed by atoms with Crippen molar-refractivity contribution in [3.63, 3.8) is 0 Å². The van der Waals surface area contributed by atoms with Crippen LogP contribution in [0.5, 0.6) is 0 Å². The minimum Gasteiger partial charge on any atom is -0.466 e. The molecule has 9 heteroatoms. The smallest absolute Gasteiger partial charge is 0.333 e. The number of aromatic nitrogens is 4. The maximum atomic E-state index is 11.9. The number of tetrazole rings is 1. The first kappa shape index (κ1) is 15.5. The third kappa shape index (κ3) is 3.81. The number of unbranched alkanes of at least 4 members (excludes halogenated alkanes) is 1. The molecule has 0 bridgehead atoms. The number of methoxy groups -OCH3 is 1. The minimum atomic E-state index is -0.484. The molecule has 0 saturated carbocycles. The molecule has 0 spiro atoms. The number of carbonyl (C=O) groups excluding carboxylic acids is 2. The summed E-state index contributed by atoms with van der Waals surface area (Å²) in [7, 11) is 1.30. The largest absolute Gasteiger partial charge is 0.466 e. The van der Waals surface area contributed by atoms with Crippen molar-refractivity contribution in [2.45, 2.75) is 32.9 Å². The van der Waals surface area contributed by atoms with Crippen molar-refractivity contribution in [2.75, 3.05) is 12.9 Å². The number of aryl methyl sites for hydroxylation is 1. The van der Waals surface area contributed by atoms with E-state index in [1.165, 1.54) is 29.8 Å². The summed E-state index contributed by atoms with van der Waals surface area (Å²) in [5.74, 6) is 0.359. The Morgan fingerprint density at radius 2 is 2.33 bits per heavy atom. The van der Waals surface area contributed by atoms with Gasteiger partial charge in [-0.3, -0.25) is 9.69 Å². The van der Waals surface area contributed by atoms with Gasteiger partial charge in [-0.2, -0.15) is 0 Å². The lowest BCUT2D eigenvalue weighted by Gasteiger charge is -2.16. The zero-order chi connectivity index (χ0) is 15.2. The van der Waals surface area contributed by atoms with Crippen molar-refractivity contribution in [2.24, 2.45) is 0 Å². The van der Waals surface area contributed by atoms with Gasteiger partial charge in [0.15, 0.2) is 5.82 Å². The Labute approximate surface area is 126 Å². The normalized spacial score (nSPS) is 16.8. The van der Waals surface area contributed by atoms with Gasteiger partial charge in [-0.1, -0.05) is 25.1 Å². The van der Waals surface area contributed by atoms with Crippen LogP contribution >= 0.6 is 11.8 Å². The monoisotopic (exact) mass is 311 g/mol. The summed E-state index contributed by atoms with van der Waals surface area (Å²) in [4.78, 5) is 24.8. The first-order valence-electron chi connectivity index (χ1n) is 6.63. The molecule has 114 valence electrons. The second kappa shape index (κ2) is 7.21. The van der Waals surface area contributed by atoms with Crippen LogP contribution in [0.25, 0.3) is 0 Å². The number of carbonyl (C=O) groups is 2. The van der Waals surface area contributed by atoms with Crippen LogP contribution in [-0.2, 0) is 27.4 Å². The Hall–Kier alpha value is -1.90. The number of rotatable bonds is 6. The summed E-state index contributed by atoms with van der Waals surface area (Å²) in [6, 6.07) is 0. The van der Waals surface area contributed by atoms with Crippen LogP contribution in [0, 0.1) is 0 Å². The molecule has 8 nitrogen and oxygen atoms in total. The molecule has 1 saturated heterocycles. The molecule has 1 amide bonds.